The van der Waals surface area contributed by atoms with Gasteiger partial charge in [-0.2, -0.15) is 0 Å². The fraction of sp³-hybridized carbons (Fsp3) is 0.600. The second-order valence-corrected chi connectivity index (χ2v) is 6.19. The van der Waals surface area contributed by atoms with E-state index in [-0.39, 0.29) is 11.9 Å². The van der Waals surface area contributed by atoms with Gasteiger partial charge in [-0.3, -0.25) is 4.79 Å². The van der Waals surface area contributed by atoms with Gasteiger partial charge in [-0.15, -0.1) is 11.3 Å². The first kappa shape index (κ1) is 16.9. The second kappa shape index (κ2) is 7.71. The van der Waals surface area contributed by atoms with E-state index in [1.54, 1.807) is 6.92 Å². The molecule has 0 bridgehead atoms. The number of hydrogen-bond acceptors (Lipinski definition) is 6. The molecule has 1 fully saturated rings. The van der Waals surface area contributed by atoms with Crippen LogP contribution >= 0.6 is 11.3 Å². The lowest BCUT2D eigenvalue weighted by Gasteiger charge is -2.22. The molecule has 1 saturated heterocycles. The fourth-order valence-electron chi connectivity index (χ4n) is 2.44. The van der Waals surface area contributed by atoms with Crippen LogP contribution in [0.4, 0.5) is 5.00 Å². The van der Waals surface area contributed by atoms with Gasteiger partial charge in [0.25, 0.3) is 5.91 Å². The van der Waals surface area contributed by atoms with Crippen LogP contribution in [0.2, 0.25) is 0 Å². The molecule has 2 rings (SSSR count). The Labute approximate surface area is 134 Å². The molecule has 1 aromatic heterocycles. The molecule has 1 aliphatic rings. The zero-order valence-corrected chi connectivity index (χ0v) is 14.0. The maximum atomic E-state index is 12.3. The highest BCUT2D eigenvalue weighted by molar-refractivity contribution is 7.16. The number of anilines is 1. The molecule has 1 unspecified atom stereocenters. The summed E-state index contributed by atoms with van der Waals surface area (Å²) in [5.41, 5.74) is 1.41. The summed E-state index contributed by atoms with van der Waals surface area (Å²) in [6, 6.07) is 0. The number of aryl methyl sites for hydroxylation is 1. The largest absolute Gasteiger partial charge is 0.462 e. The highest BCUT2D eigenvalue weighted by atomic mass is 32.1. The van der Waals surface area contributed by atoms with Crippen molar-refractivity contribution in [1.82, 2.24) is 5.32 Å². The third kappa shape index (κ3) is 3.66. The molecule has 2 heterocycles. The number of thiophene rings is 1. The minimum atomic E-state index is -0.531. The Kier molecular flexibility index (Phi) is 5.93. The quantitative estimate of drug-likeness (QED) is 0.806. The normalized spacial score (nSPS) is 18.0. The number of esters is 1. The molecule has 1 amide bonds. The Morgan fingerprint density at radius 3 is 2.82 bits per heavy atom. The van der Waals surface area contributed by atoms with E-state index in [1.165, 1.54) is 11.3 Å². The average molecular weight is 326 g/mol. The van der Waals surface area contributed by atoms with Crippen LogP contribution in [0.5, 0.6) is 0 Å². The summed E-state index contributed by atoms with van der Waals surface area (Å²) in [5.74, 6) is -0.622. The van der Waals surface area contributed by atoms with E-state index in [1.807, 2.05) is 13.8 Å². The molecule has 0 radical (unpaired) electrons. The molecule has 1 aliphatic heterocycles. The van der Waals surface area contributed by atoms with Crippen molar-refractivity contribution in [3.63, 3.8) is 0 Å². The summed E-state index contributed by atoms with van der Waals surface area (Å²) in [4.78, 5) is 25.5. The number of carbonyl (C=O) groups excluding carboxylic acids is 2. The van der Waals surface area contributed by atoms with Crippen LogP contribution in [-0.2, 0) is 20.7 Å². The van der Waals surface area contributed by atoms with E-state index in [9.17, 15) is 9.59 Å². The standard InChI is InChI=1S/C15H22N2O4S/c1-4-10-9(3)22-14(12(10)15(19)20-5-2)17-13(18)11-8-16-6-7-21-11/h11,16H,4-8H2,1-3H3,(H,17,18). The zero-order valence-electron chi connectivity index (χ0n) is 13.2. The van der Waals surface area contributed by atoms with E-state index in [0.29, 0.717) is 36.7 Å². The lowest BCUT2D eigenvalue weighted by Crippen LogP contribution is -2.45. The summed E-state index contributed by atoms with van der Waals surface area (Å²) in [6.07, 6.45) is 0.185. The van der Waals surface area contributed by atoms with Gasteiger partial charge in [-0.05, 0) is 25.8 Å². The topological polar surface area (TPSA) is 76.7 Å². The van der Waals surface area contributed by atoms with Crippen LogP contribution in [0, 0.1) is 6.92 Å². The molecule has 1 aromatic rings. The minimum absolute atomic E-state index is 0.235. The number of hydrogen-bond donors (Lipinski definition) is 2. The summed E-state index contributed by atoms with van der Waals surface area (Å²) in [5, 5.41) is 6.49. The highest BCUT2D eigenvalue weighted by Gasteiger charge is 2.27. The molecule has 0 aromatic carbocycles. The number of amides is 1. The van der Waals surface area contributed by atoms with Crippen LogP contribution in [-0.4, -0.2) is 44.3 Å². The first-order chi connectivity index (χ1) is 10.6. The number of nitrogens with one attached hydrogen (secondary N) is 2. The van der Waals surface area contributed by atoms with Gasteiger partial charge in [-0.1, -0.05) is 6.92 Å². The molecule has 0 spiro atoms. The van der Waals surface area contributed by atoms with Crippen molar-refractivity contribution < 1.29 is 19.1 Å². The predicted molar refractivity (Wildman–Crippen MR) is 85.6 cm³/mol. The van der Waals surface area contributed by atoms with Crippen molar-refractivity contribution in [2.45, 2.75) is 33.3 Å². The van der Waals surface area contributed by atoms with E-state index < -0.39 is 6.10 Å². The van der Waals surface area contributed by atoms with Crippen molar-refractivity contribution in [2.24, 2.45) is 0 Å². The van der Waals surface area contributed by atoms with Crippen molar-refractivity contribution in [2.75, 3.05) is 31.6 Å². The molecule has 7 heteroatoms. The maximum Gasteiger partial charge on any atom is 0.341 e. The third-order valence-corrected chi connectivity index (χ3v) is 4.56. The summed E-state index contributed by atoms with van der Waals surface area (Å²) < 4.78 is 10.6. The van der Waals surface area contributed by atoms with Crippen molar-refractivity contribution >= 4 is 28.2 Å². The first-order valence-corrected chi connectivity index (χ1v) is 8.32. The van der Waals surface area contributed by atoms with Crippen LogP contribution in [0.3, 0.4) is 0 Å². The van der Waals surface area contributed by atoms with Gasteiger partial charge in [0.15, 0.2) is 0 Å². The average Bonchev–Trinajstić information content (AvgIpc) is 2.83. The maximum absolute atomic E-state index is 12.3. The van der Waals surface area contributed by atoms with Gasteiger partial charge < -0.3 is 20.1 Å². The molecular weight excluding hydrogens is 304 g/mol. The number of ether oxygens (including phenoxy) is 2. The van der Waals surface area contributed by atoms with Gasteiger partial charge in [-0.25, -0.2) is 4.79 Å². The Morgan fingerprint density at radius 1 is 1.45 bits per heavy atom. The number of morpholine rings is 1. The molecule has 0 saturated carbocycles. The fourth-order valence-corrected chi connectivity index (χ4v) is 3.57. The van der Waals surface area contributed by atoms with Gasteiger partial charge in [0.1, 0.15) is 11.1 Å². The summed E-state index contributed by atoms with van der Waals surface area (Å²) in [7, 11) is 0. The van der Waals surface area contributed by atoms with Gasteiger partial charge in [0, 0.05) is 18.0 Å². The molecule has 6 nitrogen and oxygen atoms in total. The summed E-state index contributed by atoms with van der Waals surface area (Å²) >= 11 is 1.40. The van der Waals surface area contributed by atoms with E-state index in [0.717, 1.165) is 17.0 Å². The third-order valence-electron chi connectivity index (χ3n) is 3.50. The lowest BCUT2D eigenvalue weighted by molar-refractivity contribution is -0.128. The van der Waals surface area contributed by atoms with Gasteiger partial charge in [0.05, 0.1) is 18.8 Å². The number of carbonyl (C=O) groups is 2. The van der Waals surface area contributed by atoms with Crippen LogP contribution in [0.25, 0.3) is 0 Å². The van der Waals surface area contributed by atoms with Gasteiger partial charge in [0.2, 0.25) is 0 Å². The van der Waals surface area contributed by atoms with E-state index in [2.05, 4.69) is 10.6 Å². The van der Waals surface area contributed by atoms with Crippen molar-refractivity contribution in [1.29, 1.82) is 0 Å². The van der Waals surface area contributed by atoms with Crippen LogP contribution in [0.1, 0.15) is 34.6 Å². The van der Waals surface area contributed by atoms with Crippen molar-refractivity contribution in [3.05, 3.63) is 16.0 Å². The smallest absolute Gasteiger partial charge is 0.341 e. The lowest BCUT2D eigenvalue weighted by atomic mass is 10.1. The van der Waals surface area contributed by atoms with Crippen molar-refractivity contribution in [3.8, 4) is 0 Å². The van der Waals surface area contributed by atoms with E-state index >= 15 is 0 Å². The molecule has 1 atom stereocenters. The highest BCUT2D eigenvalue weighted by Crippen LogP contribution is 2.34. The molecule has 22 heavy (non-hydrogen) atoms. The first-order valence-electron chi connectivity index (χ1n) is 7.51. The molecule has 2 N–H and O–H groups in total. The Hall–Kier alpha value is -1.44. The van der Waals surface area contributed by atoms with Crippen LogP contribution in [0.15, 0.2) is 0 Å². The minimum Gasteiger partial charge on any atom is -0.462 e. The SMILES string of the molecule is CCOC(=O)c1c(NC(=O)C2CNCCO2)sc(C)c1CC. The summed E-state index contributed by atoms with van der Waals surface area (Å²) in [6.45, 7) is 7.73. The number of rotatable bonds is 5. The Bertz CT molecular complexity index is 550. The second-order valence-electron chi connectivity index (χ2n) is 4.97. The Morgan fingerprint density at radius 2 is 2.23 bits per heavy atom. The Balaban J connectivity index is 2.22. The molecule has 122 valence electrons. The van der Waals surface area contributed by atoms with E-state index in [4.69, 9.17) is 9.47 Å². The molecular formula is C15H22N2O4S. The van der Waals surface area contributed by atoms with Gasteiger partial charge >= 0.3 is 5.97 Å². The van der Waals surface area contributed by atoms with Crippen LogP contribution < -0.4 is 10.6 Å². The predicted octanol–water partition coefficient (Wildman–Crippen LogP) is 1.72. The zero-order chi connectivity index (χ0) is 16.1. The monoisotopic (exact) mass is 326 g/mol. The molecule has 0 aliphatic carbocycles.